The fraction of sp³-hybridized carbons (Fsp3) is 0.318. The number of nitrogens with zero attached hydrogens (tertiary/aromatic N) is 2. The molecular weight excluding hydrogens is 432 g/mol. The Labute approximate surface area is 188 Å². The lowest BCUT2D eigenvalue weighted by molar-refractivity contribution is -0.127. The van der Waals surface area contributed by atoms with Gasteiger partial charge in [0.25, 0.3) is 11.8 Å². The standard InChI is InChI=1S/C22H20N4O7/c1-31-12-4-3-11-9-26(18(27)13(11)7-12)10-22(20(29)24-21(30)25-22)17-8-15-16(33-17)6-5-14(23-15)19(28)32-2/h3-7,17H,8-10H2,1-2H3,(H2,24,25,29,30)/t17?,22-/m0/s1. The van der Waals surface area contributed by atoms with Crippen LogP contribution in [0.2, 0.25) is 0 Å². The van der Waals surface area contributed by atoms with Crippen LogP contribution in [0.3, 0.4) is 0 Å². The lowest BCUT2D eigenvalue weighted by Gasteiger charge is -2.34. The SMILES string of the molecule is COC(=O)c1ccc2c(n1)CC([C@]1(CN3Cc4ccc(OC)cc4C3=O)NC(=O)NC1=O)O2. The average molecular weight is 452 g/mol. The van der Waals surface area contributed by atoms with E-state index in [1.807, 2.05) is 0 Å². The Morgan fingerprint density at radius 2 is 2.06 bits per heavy atom. The van der Waals surface area contributed by atoms with Gasteiger partial charge in [0.05, 0.1) is 26.5 Å². The summed E-state index contributed by atoms with van der Waals surface area (Å²) in [5.41, 5.74) is 0.297. The average Bonchev–Trinajstić information content (AvgIpc) is 3.46. The van der Waals surface area contributed by atoms with E-state index in [4.69, 9.17) is 14.2 Å². The van der Waals surface area contributed by atoms with E-state index < -0.39 is 29.6 Å². The number of amides is 4. The van der Waals surface area contributed by atoms with Crippen molar-refractivity contribution in [3.8, 4) is 11.5 Å². The molecule has 2 N–H and O–H groups in total. The van der Waals surface area contributed by atoms with Crippen LogP contribution in [-0.4, -0.2) is 66.1 Å². The third-order valence-electron chi connectivity index (χ3n) is 6.13. The second-order valence-corrected chi connectivity index (χ2v) is 8.01. The van der Waals surface area contributed by atoms with Crippen LogP contribution < -0.4 is 20.1 Å². The Morgan fingerprint density at radius 1 is 1.24 bits per heavy atom. The molecule has 3 aliphatic heterocycles. The molecule has 4 heterocycles. The first-order valence-corrected chi connectivity index (χ1v) is 10.2. The first kappa shape index (κ1) is 20.7. The van der Waals surface area contributed by atoms with Gasteiger partial charge >= 0.3 is 12.0 Å². The molecule has 0 radical (unpaired) electrons. The van der Waals surface area contributed by atoms with E-state index in [0.29, 0.717) is 22.8 Å². The maximum atomic E-state index is 13.1. The van der Waals surface area contributed by atoms with Crippen molar-refractivity contribution in [1.29, 1.82) is 0 Å². The highest BCUT2D eigenvalue weighted by molar-refractivity contribution is 6.08. The number of methoxy groups -OCH3 is 2. The Hall–Kier alpha value is -4.15. The van der Waals surface area contributed by atoms with E-state index in [-0.39, 0.29) is 31.1 Å². The fourth-order valence-corrected chi connectivity index (χ4v) is 4.45. The fourth-order valence-electron chi connectivity index (χ4n) is 4.45. The normalized spacial score (nSPS) is 22.9. The highest BCUT2D eigenvalue weighted by atomic mass is 16.5. The zero-order chi connectivity index (χ0) is 23.3. The molecule has 0 aliphatic carbocycles. The van der Waals surface area contributed by atoms with E-state index in [1.54, 1.807) is 24.3 Å². The number of pyridine rings is 1. The number of rotatable bonds is 5. The first-order chi connectivity index (χ1) is 15.8. The molecule has 11 nitrogen and oxygen atoms in total. The van der Waals surface area contributed by atoms with E-state index in [9.17, 15) is 19.2 Å². The number of fused-ring (bicyclic) bond motifs is 2. The Balaban J connectivity index is 1.44. The van der Waals surface area contributed by atoms with Gasteiger partial charge in [-0.25, -0.2) is 14.6 Å². The van der Waals surface area contributed by atoms with Crippen molar-refractivity contribution in [2.24, 2.45) is 0 Å². The quantitative estimate of drug-likeness (QED) is 0.492. The van der Waals surface area contributed by atoms with Gasteiger partial charge in [0, 0.05) is 18.5 Å². The monoisotopic (exact) mass is 452 g/mol. The molecule has 0 bridgehead atoms. The zero-order valence-corrected chi connectivity index (χ0v) is 17.8. The van der Waals surface area contributed by atoms with Gasteiger partial charge in [-0.05, 0) is 29.8 Å². The van der Waals surface area contributed by atoms with Crippen LogP contribution in [0.1, 0.15) is 32.1 Å². The third-order valence-corrected chi connectivity index (χ3v) is 6.13. The molecule has 1 saturated heterocycles. The number of carbonyl (C=O) groups is 4. The van der Waals surface area contributed by atoms with Crippen molar-refractivity contribution in [2.75, 3.05) is 20.8 Å². The molecule has 33 heavy (non-hydrogen) atoms. The molecule has 2 atom stereocenters. The van der Waals surface area contributed by atoms with Gasteiger partial charge < -0.3 is 24.4 Å². The van der Waals surface area contributed by atoms with E-state index in [1.165, 1.54) is 25.2 Å². The molecule has 3 aliphatic rings. The minimum atomic E-state index is -1.54. The van der Waals surface area contributed by atoms with Crippen molar-refractivity contribution in [3.05, 3.63) is 52.8 Å². The molecule has 5 rings (SSSR count). The molecule has 11 heteroatoms. The molecule has 0 spiro atoms. The Morgan fingerprint density at radius 3 is 2.76 bits per heavy atom. The van der Waals surface area contributed by atoms with Crippen molar-refractivity contribution in [3.63, 3.8) is 0 Å². The maximum Gasteiger partial charge on any atom is 0.356 e. The summed E-state index contributed by atoms with van der Waals surface area (Å²) in [5.74, 6) is -0.535. The molecule has 1 fully saturated rings. The van der Waals surface area contributed by atoms with Crippen LogP contribution in [0.4, 0.5) is 4.79 Å². The van der Waals surface area contributed by atoms with Crippen LogP contribution in [0.15, 0.2) is 30.3 Å². The molecule has 170 valence electrons. The maximum absolute atomic E-state index is 13.1. The van der Waals surface area contributed by atoms with E-state index in [2.05, 4.69) is 15.6 Å². The van der Waals surface area contributed by atoms with Gasteiger partial charge in [0.15, 0.2) is 5.54 Å². The van der Waals surface area contributed by atoms with Crippen LogP contribution in [0.5, 0.6) is 11.5 Å². The molecule has 1 aromatic heterocycles. The van der Waals surface area contributed by atoms with Gasteiger partial charge in [0.1, 0.15) is 23.3 Å². The van der Waals surface area contributed by atoms with Gasteiger partial charge in [0.2, 0.25) is 0 Å². The minimum Gasteiger partial charge on any atom is -0.497 e. The van der Waals surface area contributed by atoms with Crippen molar-refractivity contribution < 1.29 is 33.4 Å². The largest absolute Gasteiger partial charge is 0.497 e. The number of nitrogens with one attached hydrogen (secondary N) is 2. The van der Waals surface area contributed by atoms with E-state index >= 15 is 0 Å². The smallest absolute Gasteiger partial charge is 0.356 e. The lowest BCUT2D eigenvalue weighted by atomic mass is 9.89. The predicted molar refractivity (Wildman–Crippen MR) is 111 cm³/mol. The van der Waals surface area contributed by atoms with Crippen molar-refractivity contribution in [1.82, 2.24) is 20.5 Å². The van der Waals surface area contributed by atoms with Gasteiger partial charge in [-0.2, -0.15) is 0 Å². The number of imide groups is 1. The summed E-state index contributed by atoms with van der Waals surface area (Å²) in [6.07, 6.45) is -0.693. The summed E-state index contributed by atoms with van der Waals surface area (Å²) in [4.78, 5) is 55.8. The van der Waals surface area contributed by atoms with Crippen LogP contribution in [0.25, 0.3) is 0 Å². The first-order valence-electron chi connectivity index (χ1n) is 10.2. The van der Waals surface area contributed by atoms with Crippen molar-refractivity contribution in [2.45, 2.75) is 24.6 Å². The minimum absolute atomic E-state index is 0.105. The lowest BCUT2D eigenvalue weighted by Crippen LogP contribution is -2.64. The summed E-state index contributed by atoms with van der Waals surface area (Å²) in [7, 11) is 2.77. The summed E-state index contributed by atoms with van der Waals surface area (Å²) < 4.78 is 15.9. The third kappa shape index (κ3) is 3.23. The number of aromatic nitrogens is 1. The van der Waals surface area contributed by atoms with Gasteiger partial charge in [-0.1, -0.05) is 6.07 Å². The number of ether oxygens (including phenoxy) is 3. The molecule has 2 aromatic rings. The Kier molecular flexibility index (Phi) is 4.69. The van der Waals surface area contributed by atoms with Crippen LogP contribution in [-0.2, 0) is 22.5 Å². The summed E-state index contributed by atoms with van der Waals surface area (Å²) in [6, 6.07) is 7.57. The van der Waals surface area contributed by atoms with Gasteiger partial charge in [-0.15, -0.1) is 0 Å². The number of esters is 1. The number of hydrogen-bond donors (Lipinski definition) is 2. The predicted octanol–water partition coefficient (Wildman–Crippen LogP) is 0.415. The Bertz CT molecular complexity index is 1210. The summed E-state index contributed by atoms with van der Waals surface area (Å²) >= 11 is 0. The molecule has 4 amide bonds. The number of benzene rings is 1. The highest BCUT2D eigenvalue weighted by Crippen LogP contribution is 2.36. The van der Waals surface area contributed by atoms with Crippen LogP contribution in [0, 0.1) is 0 Å². The molecule has 0 saturated carbocycles. The summed E-state index contributed by atoms with van der Waals surface area (Å²) in [6.45, 7) is 0.163. The molecule has 1 aromatic carbocycles. The molecule has 1 unspecified atom stereocenters. The molecular formula is C22H20N4O7. The number of urea groups is 1. The topological polar surface area (TPSA) is 136 Å². The second kappa shape index (κ2) is 7.47. The number of hydrogen-bond acceptors (Lipinski definition) is 8. The van der Waals surface area contributed by atoms with Crippen LogP contribution >= 0.6 is 0 Å². The van der Waals surface area contributed by atoms with Gasteiger partial charge in [-0.3, -0.25) is 14.9 Å². The zero-order valence-electron chi connectivity index (χ0n) is 17.8. The number of carbonyl (C=O) groups excluding carboxylic acids is 4. The van der Waals surface area contributed by atoms with E-state index in [0.717, 1.165) is 5.56 Å². The highest BCUT2D eigenvalue weighted by Gasteiger charge is 2.57. The summed E-state index contributed by atoms with van der Waals surface area (Å²) in [5, 5.41) is 4.93. The second-order valence-electron chi connectivity index (χ2n) is 8.01. The van der Waals surface area contributed by atoms with Crippen molar-refractivity contribution >= 4 is 23.8 Å².